The van der Waals surface area contributed by atoms with Crippen molar-refractivity contribution in [2.75, 3.05) is 5.32 Å². The Bertz CT molecular complexity index is 386. The lowest BCUT2D eigenvalue weighted by Gasteiger charge is -2.01. The standard InChI is InChI=1S/C10H9IN2O/c1-6-4-8(6)10(14)13-9-3-2-7(11)5-12-9/h2-3,5,8H,1,4H2,(H,12,13,14). The Hall–Kier alpha value is -0.910. The minimum absolute atomic E-state index is 0.00343. The van der Waals surface area contributed by atoms with E-state index >= 15 is 0 Å². The van der Waals surface area contributed by atoms with Crippen molar-refractivity contribution in [1.82, 2.24) is 4.98 Å². The molecule has 0 aliphatic heterocycles. The molecule has 0 aromatic carbocycles. The first-order valence-corrected chi connectivity index (χ1v) is 5.35. The summed E-state index contributed by atoms with van der Waals surface area (Å²) in [6.45, 7) is 3.74. The van der Waals surface area contributed by atoms with E-state index in [4.69, 9.17) is 0 Å². The third-order valence-electron chi connectivity index (χ3n) is 2.09. The normalized spacial score (nSPS) is 19.2. The van der Waals surface area contributed by atoms with Crippen LogP contribution in [0.25, 0.3) is 0 Å². The largest absolute Gasteiger partial charge is 0.310 e. The average molecular weight is 300 g/mol. The molecular formula is C10H9IN2O. The first kappa shape index (κ1) is 9.64. The molecule has 2 rings (SSSR count). The summed E-state index contributed by atoms with van der Waals surface area (Å²) in [5, 5.41) is 2.75. The molecule has 1 aliphatic rings. The maximum absolute atomic E-state index is 11.5. The predicted molar refractivity (Wildman–Crippen MR) is 62.8 cm³/mol. The number of pyridine rings is 1. The van der Waals surface area contributed by atoms with Crippen molar-refractivity contribution >= 4 is 34.3 Å². The molecule has 0 bridgehead atoms. The monoisotopic (exact) mass is 300 g/mol. The number of carbonyl (C=O) groups excluding carboxylic acids is 1. The Morgan fingerprint density at radius 2 is 2.36 bits per heavy atom. The van der Waals surface area contributed by atoms with Crippen LogP contribution in [0.1, 0.15) is 6.42 Å². The second-order valence-corrected chi connectivity index (χ2v) is 4.51. The number of aromatic nitrogens is 1. The van der Waals surface area contributed by atoms with Gasteiger partial charge in [-0.05, 0) is 41.1 Å². The number of nitrogens with one attached hydrogen (secondary N) is 1. The lowest BCUT2D eigenvalue weighted by molar-refractivity contribution is -0.117. The van der Waals surface area contributed by atoms with Gasteiger partial charge in [-0.2, -0.15) is 0 Å². The summed E-state index contributed by atoms with van der Waals surface area (Å²) in [5.74, 6) is 0.620. The van der Waals surface area contributed by atoms with Crippen molar-refractivity contribution in [2.24, 2.45) is 5.92 Å². The fourth-order valence-corrected chi connectivity index (χ4v) is 1.46. The molecule has 3 nitrogen and oxygen atoms in total. The number of hydrogen-bond acceptors (Lipinski definition) is 2. The van der Waals surface area contributed by atoms with Gasteiger partial charge in [-0.25, -0.2) is 4.98 Å². The quantitative estimate of drug-likeness (QED) is 0.672. The SMILES string of the molecule is C=C1CC1C(=O)Nc1ccc(I)cn1. The van der Waals surface area contributed by atoms with E-state index in [1.165, 1.54) is 0 Å². The van der Waals surface area contributed by atoms with Gasteiger partial charge in [-0.3, -0.25) is 4.79 Å². The van der Waals surface area contributed by atoms with Gasteiger partial charge in [0.2, 0.25) is 5.91 Å². The van der Waals surface area contributed by atoms with Crippen LogP contribution >= 0.6 is 22.6 Å². The van der Waals surface area contributed by atoms with Crippen LogP contribution < -0.4 is 5.32 Å². The Balaban J connectivity index is 2.00. The van der Waals surface area contributed by atoms with Gasteiger partial charge in [-0.15, -0.1) is 0 Å². The Labute approximate surface area is 95.8 Å². The number of hydrogen-bond donors (Lipinski definition) is 1. The fraction of sp³-hybridized carbons (Fsp3) is 0.200. The first-order chi connectivity index (χ1) is 6.66. The van der Waals surface area contributed by atoms with Crippen molar-refractivity contribution in [3.8, 4) is 0 Å². The molecule has 1 amide bonds. The molecule has 1 heterocycles. The van der Waals surface area contributed by atoms with Gasteiger partial charge < -0.3 is 5.32 Å². The van der Waals surface area contributed by atoms with Crippen molar-refractivity contribution in [3.05, 3.63) is 34.1 Å². The number of carbonyl (C=O) groups is 1. The van der Waals surface area contributed by atoms with Gasteiger partial charge in [0.25, 0.3) is 0 Å². The van der Waals surface area contributed by atoms with E-state index in [0.717, 1.165) is 15.6 Å². The van der Waals surface area contributed by atoms with Gasteiger partial charge in [0.15, 0.2) is 0 Å². The summed E-state index contributed by atoms with van der Waals surface area (Å²) >= 11 is 2.17. The molecule has 1 N–H and O–H groups in total. The van der Waals surface area contributed by atoms with Crippen LogP contribution in [0, 0.1) is 9.49 Å². The smallest absolute Gasteiger partial charge is 0.233 e. The second-order valence-electron chi connectivity index (χ2n) is 3.27. The molecule has 1 saturated carbocycles. The van der Waals surface area contributed by atoms with E-state index in [1.54, 1.807) is 12.3 Å². The van der Waals surface area contributed by atoms with Crippen LogP contribution in [0.15, 0.2) is 30.5 Å². The fourth-order valence-electron chi connectivity index (χ4n) is 1.14. The van der Waals surface area contributed by atoms with Crippen LogP contribution in [0.5, 0.6) is 0 Å². The molecule has 0 radical (unpaired) electrons. The lowest BCUT2D eigenvalue weighted by Crippen LogP contribution is -2.14. The maximum Gasteiger partial charge on any atom is 0.233 e. The van der Waals surface area contributed by atoms with Gasteiger partial charge in [0.05, 0.1) is 5.92 Å². The van der Waals surface area contributed by atoms with Gasteiger partial charge in [0, 0.05) is 9.77 Å². The Morgan fingerprint density at radius 3 is 2.86 bits per heavy atom. The second kappa shape index (κ2) is 3.68. The van der Waals surface area contributed by atoms with E-state index in [0.29, 0.717) is 5.82 Å². The molecule has 1 aliphatic carbocycles. The van der Waals surface area contributed by atoms with Gasteiger partial charge >= 0.3 is 0 Å². The molecule has 1 fully saturated rings. The third kappa shape index (κ3) is 2.12. The zero-order chi connectivity index (χ0) is 10.1. The molecule has 0 saturated heterocycles. The lowest BCUT2D eigenvalue weighted by atomic mass is 10.3. The molecule has 72 valence electrons. The number of anilines is 1. The number of rotatable bonds is 2. The number of nitrogens with zero attached hydrogens (tertiary/aromatic N) is 1. The summed E-state index contributed by atoms with van der Waals surface area (Å²) in [6.07, 6.45) is 2.54. The van der Waals surface area contributed by atoms with Crippen LogP contribution in [0.3, 0.4) is 0 Å². The van der Waals surface area contributed by atoms with Crippen molar-refractivity contribution in [3.63, 3.8) is 0 Å². The van der Waals surface area contributed by atoms with Gasteiger partial charge in [-0.1, -0.05) is 12.2 Å². The molecule has 0 spiro atoms. The van der Waals surface area contributed by atoms with Crippen LogP contribution in [-0.2, 0) is 4.79 Å². The van der Waals surface area contributed by atoms with Crippen molar-refractivity contribution in [1.29, 1.82) is 0 Å². The number of amides is 1. The molecule has 1 atom stereocenters. The predicted octanol–water partition coefficient (Wildman–Crippen LogP) is 2.20. The van der Waals surface area contributed by atoms with E-state index in [9.17, 15) is 4.79 Å². The average Bonchev–Trinajstić information content (AvgIpc) is 2.87. The highest BCUT2D eigenvalue weighted by Crippen LogP contribution is 2.36. The highest BCUT2D eigenvalue weighted by Gasteiger charge is 2.34. The zero-order valence-corrected chi connectivity index (χ0v) is 9.61. The van der Waals surface area contributed by atoms with Crippen LogP contribution in [0.2, 0.25) is 0 Å². The summed E-state index contributed by atoms with van der Waals surface area (Å²) in [4.78, 5) is 15.5. The minimum atomic E-state index is 0.00343. The summed E-state index contributed by atoms with van der Waals surface area (Å²) in [6, 6.07) is 3.70. The van der Waals surface area contributed by atoms with Crippen LogP contribution in [-0.4, -0.2) is 10.9 Å². The summed E-state index contributed by atoms with van der Waals surface area (Å²) < 4.78 is 1.05. The minimum Gasteiger partial charge on any atom is -0.310 e. The van der Waals surface area contributed by atoms with Crippen molar-refractivity contribution < 1.29 is 4.79 Å². The molecule has 1 unspecified atom stereocenters. The zero-order valence-electron chi connectivity index (χ0n) is 7.46. The van der Waals surface area contributed by atoms with E-state index in [1.807, 2.05) is 6.07 Å². The third-order valence-corrected chi connectivity index (χ3v) is 2.73. The topological polar surface area (TPSA) is 42.0 Å². The highest BCUT2D eigenvalue weighted by atomic mass is 127. The van der Waals surface area contributed by atoms with Gasteiger partial charge in [0.1, 0.15) is 5.82 Å². The molecular weight excluding hydrogens is 291 g/mol. The summed E-state index contributed by atoms with van der Waals surface area (Å²) in [7, 11) is 0. The summed E-state index contributed by atoms with van der Waals surface area (Å²) in [5.41, 5.74) is 1.01. The van der Waals surface area contributed by atoms with Crippen molar-refractivity contribution in [2.45, 2.75) is 6.42 Å². The molecule has 14 heavy (non-hydrogen) atoms. The van der Waals surface area contributed by atoms with E-state index in [2.05, 4.69) is 39.5 Å². The van der Waals surface area contributed by atoms with E-state index < -0.39 is 0 Å². The highest BCUT2D eigenvalue weighted by molar-refractivity contribution is 14.1. The Kier molecular flexibility index (Phi) is 2.54. The van der Waals surface area contributed by atoms with Crippen LogP contribution in [0.4, 0.5) is 5.82 Å². The number of halogens is 1. The maximum atomic E-state index is 11.5. The molecule has 4 heteroatoms. The molecule has 1 aromatic heterocycles. The molecule has 1 aromatic rings. The first-order valence-electron chi connectivity index (χ1n) is 4.27. The Morgan fingerprint density at radius 1 is 1.64 bits per heavy atom. The van der Waals surface area contributed by atoms with E-state index in [-0.39, 0.29) is 11.8 Å².